The Morgan fingerprint density at radius 2 is 1.76 bits per heavy atom. The minimum absolute atomic E-state index is 0.200. The molecule has 0 bridgehead atoms. The van der Waals surface area contributed by atoms with Gasteiger partial charge in [0.15, 0.2) is 6.10 Å². The number of rotatable bonds is 7. The molecule has 29 heavy (non-hydrogen) atoms. The van der Waals surface area contributed by atoms with E-state index in [2.05, 4.69) is 5.32 Å². The normalized spacial score (nSPS) is 12.7. The van der Waals surface area contributed by atoms with Gasteiger partial charge in [-0.15, -0.1) is 0 Å². The summed E-state index contributed by atoms with van der Waals surface area (Å²) in [6.45, 7) is 0. The number of benzene rings is 2. The van der Waals surface area contributed by atoms with Crippen LogP contribution in [0.25, 0.3) is 11.1 Å². The van der Waals surface area contributed by atoms with Crippen molar-refractivity contribution in [3.05, 3.63) is 59.1 Å². The first kappa shape index (κ1) is 22.4. The molecule has 7 nitrogen and oxygen atoms in total. The quantitative estimate of drug-likeness (QED) is 0.596. The first-order chi connectivity index (χ1) is 13.7. The molecule has 0 aliphatic heterocycles. The van der Waals surface area contributed by atoms with Gasteiger partial charge in [-0.3, -0.25) is 9.59 Å². The average Bonchev–Trinajstić information content (AvgIpc) is 2.67. The second-order valence-electron chi connectivity index (χ2n) is 6.84. The molecule has 2 aromatic rings. The van der Waals surface area contributed by atoms with Crippen molar-refractivity contribution >= 4 is 29.4 Å². The Kier molecular flexibility index (Phi) is 7.75. The molecule has 2 aromatic carbocycles. The number of nitrogens with zero attached hydrogens (tertiary/aromatic N) is 1. The Morgan fingerprint density at radius 1 is 1.10 bits per heavy atom. The predicted octanol–water partition coefficient (Wildman–Crippen LogP) is 1.96. The Morgan fingerprint density at radius 3 is 2.31 bits per heavy atom. The van der Waals surface area contributed by atoms with E-state index in [9.17, 15) is 19.5 Å². The first-order valence-corrected chi connectivity index (χ1v) is 9.33. The molecule has 2 amide bonds. The van der Waals surface area contributed by atoms with Gasteiger partial charge in [0, 0.05) is 37.1 Å². The fourth-order valence-electron chi connectivity index (χ4n) is 2.84. The number of aliphatic hydroxyl groups is 1. The van der Waals surface area contributed by atoms with Gasteiger partial charge in [0.05, 0.1) is 0 Å². The van der Waals surface area contributed by atoms with Crippen molar-refractivity contribution in [1.29, 1.82) is 0 Å². The number of hydrogen-bond acceptors (Lipinski definition) is 4. The van der Waals surface area contributed by atoms with Gasteiger partial charge >= 0.3 is 17.8 Å². The molecule has 0 aliphatic carbocycles. The monoisotopic (exact) mass is 418 g/mol. The molecule has 0 radical (unpaired) electrons. The maximum atomic E-state index is 12.1. The minimum Gasteiger partial charge on any atom is -0.479 e. The fraction of sp³-hybridized carbons (Fsp3) is 0.286. The number of carboxylic acids is 1. The lowest BCUT2D eigenvalue weighted by molar-refractivity contribution is -0.148. The topological polar surface area (TPSA) is 107 Å². The van der Waals surface area contributed by atoms with Crippen LogP contribution < -0.4 is 5.32 Å². The van der Waals surface area contributed by atoms with E-state index >= 15 is 0 Å². The van der Waals surface area contributed by atoms with Crippen LogP contribution in [0.5, 0.6) is 0 Å². The molecule has 3 N–H and O–H groups in total. The van der Waals surface area contributed by atoms with E-state index in [0.717, 1.165) is 21.6 Å². The zero-order chi connectivity index (χ0) is 21.6. The summed E-state index contributed by atoms with van der Waals surface area (Å²) in [5, 5.41) is 21.7. The Bertz CT molecular complexity index is 886. The predicted molar refractivity (Wildman–Crippen MR) is 109 cm³/mol. The summed E-state index contributed by atoms with van der Waals surface area (Å²) in [5.74, 6) is -3.04. The van der Waals surface area contributed by atoms with Crippen molar-refractivity contribution in [1.82, 2.24) is 10.2 Å². The molecule has 0 spiro atoms. The van der Waals surface area contributed by atoms with Gasteiger partial charge in [-0.1, -0.05) is 54.1 Å². The van der Waals surface area contributed by atoms with Gasteiger partial charge in [0.1, 0.15) is 0 Å². The Balaban J connectivity index is 2.21. The van der Waals surface area contributed by atoms with E-state index in [1.54, 1.807) is 6.07 Å². The van der Waals surface area contributed by atoms with Crippen molar-refractivity contribution in [3.63, 3.8) is 0 Å². The molecule has 0 aromatic heterocycles. The van der Waals surface area contributed by atoms with Crippen LogP contribution >= 0.6 is 11.6 Å². The van der Waals surface area contributed by atoms with E-state index in [-0.39, 0.29) is 12.8 Å². The summed E-state index contributed by atoms with van der Waals surface area (Å²) >= 11 is 6.41. The summed E-state index contributed by atoms with van der Waals surface area (Å²) < 4.78 is 0. The SMILES string of the molecule is CN(C)C(=O)C(=O)N[C@H](Cc1ccc(-c2ccccc2)c(Cl)c1)C[C@@H](O)C(=O)O. The Labute approximate surface area is 173 Å². The number of carbonyl (C=O) groups excluding carboxylic acids is 2. The molecule has 8 heteroatoms. The van der Waals surface area contributed by atoms with Gasteiger partial charge in [-0.05, 0) is 23.6 Å². The molecular formula is C21H23ClN2O5. The highest BCUT2D eigenvalue weighted by Crippen LogP contribution is 2.29. The number of halogens is 1. The lowest BCUT2D eigenvalue weighted by Gasteiger charge is -2.21. The third kappa shape index (κ3) is 6.30. The lowest BCUT2D eigenvalue weighted by Crippen LogP contribution is -2.46. The second kappa shape index (κ2) is 10.0. The van der Waals surface area contributed by atoms with Gasteiger partial charge < -0.3 is 20.4 Å². The fourth-order valence-corrected chi connectivity index (χ4v) is 3.15. The van der Waals surface area contributed by atoms with Crippen molar-refractivity contribution in [3.8, 4) is 11.1 Å². The standard InChI is InChI=1S/C21H23ClN2O5/c1-24(2)20(27)19(26)23-15(12-18(25)21(28)29)10-13-8-9-16(17(22)11-13)14-6-4-3-5-7-14/h3-9,11,15,18,25H,10,12H2,1-2H3,(H,23,26)(H,28,29)/t15-,18-/m1/s1. The van der Waals surface area contributed by atoms with E-state index in [0.29, 0.717) is 5.02 Å². The molecular weight excluding hydrogens is 396 g/mol. The summed E-state index contributed by atoms with van der Waals surface area (Å²) in [7, 11) is 2.87. The highest BCUT2D eigenvalue weighted by Gasteiger charge is 2.25. The Hall–Kier alpha value is -2.90. The van der Waals surface area contributed by atoms with Crippen LogP contribution in [-0.2, 0) is 20.8 Å². The van der Waals surface area contributed by atoms with Crippen molar-refractivity contribution in [2.45, 2.75) is 25.0 Å². The maximum absolute atomic E-state index is 12.1. The number of carbonyl (C=O) groups is 3. The highest BCUT2D eigenvalue weighted by molar-refractivity contribution is 6.35. The number of carboxylic acid groups (broad SMARTS) is 1. The molecule has 0 aliphatic rings. The lowest BCUT2D eigenvalue weighted by atomic mass is 9.97. The average molecular weight is 419 g/mol. The van der Waals surface area contributed by atoms with E-state index in [4.69, 9.17) is 16.7 Å². The van der Waals surface area contributed by atoms with Crippen LogP contribution in [-0.4, -0.2) is 59.1 Å². The molecule has 2 rings (SSSR count). The van der Waals surface area contributed by atoms with E-state index < -0.39 is 29.9 Å². The molecule has 0 unspecified atom stereocenters. The van der Waals surface area contributed by atoms with Crippen LogP contribution in [0.1, 0.15) is 12.0 Å². The van der Waals surface area contributed by atoms with Gasteiger partial charge in [0.2, 0.25) is 0 Å². The number of amides is 2. The number of hydrogen-bond donors (Lipinski definition) is 3. The number of aliphatic hydroxyl groups excluding tert-OH is 1. The highest BCUT2D eigenvalue weighted by atomic mass is 35.5. The maximum Gasteiger partial charge on any atom is 0.332 e. The second-order valence-corrected chi connectivity index (χ2v) is 7.25. The molecule has 154 valence electrons. The van der Waals surface area contributed by atoms with Crippen LogP contribution in [0.15, 0.2) is 48.5 Å². The third-order valence-electron chi connectivity index (χ3n) is 4.33. The minimum atomic E-state index is -1.67. The van der Waals surface area contributed by atoms with Crippen molar-refractivity contribution in [2.24, 2.45) is 0 Å². The van der Waals surface area contributed by atoms with Crippen LogP contribution in [0, 0.1) is 0 Å². The van der Waals surface area contributed by atoms with Crippen molar-refractivity contribution < 1.29 is 24.6 Å². The van der Waals surface area contributed by atoms with Crippen LogP contribution in [0.2, 0.25) is 5.02 Å². The van der Waals surface area contributed by atoms with Crippen molar-refractivity contribution in [2.75, 3.05) is 14.1 Å². The van der Waals surface area contributed by atoms with Gasteiger partial charge in [-0.2, -0.15) is 0 Å². The van der Waals surface area contributed by atoms with E-state index in [1.165, 1.54) is 14.1 Å². The first-order valence-electron chi connectivity index (χ1n) is 8.96. The molecule has 0 saturated heterocycles. The number of aliphatic carboxylic acids is 1. The van der Waals surface area contributed by atoms with E-state index in [1.807, 2.05) is 42.5 Å². The molecule has 0 fully saturated rings. The summed E-state index contributed by atoms with van der Waals surface area (Å²) in [4.78, 5) is 36.0. The molecule has 0 heterocycles. The van der Waals surface area contributed by atoms with Crippen LogP contribution in [0.4, 0.5) is 0 Å². The zero-order valence-electron chi connectivity index (χ0n) is 16.1. The summed E-state index contributed by atoms with van der Waals surface area (Å²) in [6.07, 6.45) is -1.72. The van der Waals surface area contributed by atoms with Gasteiger partial charge in [0.25, 0.3) is 0 Å². The summed E-state index contributed by atoms with van der Waals surface area (Å²) in [5.41, 5.74) is 2.52. The third-order valence-corrected chi connectivity index (χ3v) is 4.64. The van der Waals surface area contributed by atoms with Crippen LogP contribution in [0.3, 0.4) is 0 Å². The number of likely N-dealkylation sites (N-methyl/N-ethyl adjacent to an activating group) is 1. The summed E-state index contributed by atoms with van der Waals surface area (Å²) in [6, 6.07) is 14.2. The van der Waals surface area contributed by atoms with Gasteiger partial charge in [-0.25, -0.2) is 4.79 Å². The largest absolute Gasteiger partial charge is 0.479 e. The number of nitrogens with one attached hydrogen (secondary N) is 1. The zero-order valence-corrected chi connectivity index (χ0v) is 16.9. The smallest absolute Gasteiger partial charge is 0.332 e. The molecule has 0 saturated carbocycles. The molecule has 2 atom stereocenters.